The zero-order valence-corrected chi connectivity index (χ0v) is 7.12. The molecule has 0 aliphatic carbocycles. The Bertz CT molecular complexity index is 284. The van der Waals surface area contributed by atoms with Crippen molar-refractivity contribution in [1.29, 1.82) is 0 Å². The van der Waals surface area contributed by atoms with Crippen molar-refractivity contribution in [3.05, 3.63) is 22.9 Å². The summed E-state index contributed by atoms with van der Waals surface area (Å²) < 4.78 is 8.85. The zero-order valence-electron chi connectivity index (χ0n) is 6.30. The Balaban J connectivity index is 2.14. The summed E-state index contributed by atoms with van der Waals surface area (Å²) >= 11 is 1.22. The Kier molecular flexibility index (Phi) is 2.05. The van der Waals surface area contributed by atoms with Gasteiger partial charge in [0.2, 0.25) is 0 Å². The summed E-state index contributed by atoms with van der Waals surface area (Å²) in [5.41, 5.74) is 0.563. The molecule has 2 rings (SSSR count). The molecule has 1 aliphatic heterocycles. The van der Waals surface area contributed by atoms with Crippen molar-refractivity contribution in [3.63, 3.8) is 0 Å². The minimum atomic E-state index is -0.730. The first-order chi connectivity index (χ1) is 5.88. The van der Waals surface area contributed by atoms with E-state index < -0.39 is 6.10 Å². The average Bonchev–Trinajstić information content (AvgIpc) is 2.77. The highest BCUT2D eigenvalue weighted by Crippen LogP contribution is 2.24. The third kappa shape index (κ3) is 1.33. The Morgan fingerprint density at radius 3 is 3.17 bits per heavy atom. The van der Waals surface area contributed by atoms with Crippen molar-refractivity contribution < 1.29 is 9.84 Å². The molecule has 2 heterocycles. The SMILES string of the molecule is OC(C1=CCCO1)c1csnn1. The summed E-state index contributed by atoms with van der Waals surface area (Å²) in [5, 5.41) is 15.1. The molecule has 0 amide bonds. The van der Waals surface area contributed by atoms with Crippen LogP contribution in [0.25, 0.3) is 0 Å². The van der Waals surface area contributed by atoms with Gasteiger partial charge in [0.1, 0.15) is 11.5 Å². The standard InChI is InChI=1S/C7H8N2O2S/c10-7(5-4-12-9-8-5)6-2-1-3-11-6/h2,4,7,10H,1,3H2. The van der Waals surface area contributed by atoms with Crippen LogP contribution in [0.5, 0.6) is 0 Å². The van der Waals surface area contributed by atoms with Gasteiger partial charge in [0.15, 0.2) is 6.10 Å². The van der Waals surface area contributed by atoms with E-state index in [-0.39, 0.29) is 0 Å². The topological polar surface area (TPSA) is 55.2 Å². The van der Waals surface area contributed by atoms with Gasteiger partial charge < -0.3 is 9.84 Å². The normalized spacial score (nSPS) is 18.6. The third-order valence-corrected chi connectivity index (χ3v) is 2.18. The fourth-order valence-corrected chi connectivity index (χ4v) is 1.54. The van der Waals surface area contributed by atoms with Crippen molar-refractivity contribution >= 4 is 11.5 Å². The summed E-state index contributed by atoms with van der Waals surface area (Å²) in [4.78, 5) is 0. The lowest BCUT2D eigenvalue weighted by Crippen LogP contribution is -2.02. The van der Waals surface area contributed by atoms with Crippen LogP contribution < -0.4 is 0 Å². The smallest absolute Gasteiger partial charge is 0.155 e. The molecule has 12 heavy (non-hydrogen) atoms. The van der Waals surface area contributed by atoms with Crippen molar-refractivity contribution in [2.75, 3.05) is 6.61 Å². The third-order valence-electron chi connectivity index (χ3n) is 1.66. The molecule has 0 bridgehead atoms. The second-order valence-electron chi connectivity index (χ2n) is 2.48. The number of hydrogen-bond donors (Lipinski definition) is 1. The van der Waals surface area contributed by atoms with Gasteiger partial charge in [0.05, 0.1) is 6.61 Å². The average molecular weight is 184 g/mol. The number of aliphatic hydroxyl groups excluding tert-OH is 1. The van der Waals surface area contributed by atoms with Crippen LogP contribution in [0.4, 0.5) is 0 Å². The van der Waals surface area contributed by atoms with E-state index >= 15 is 0 Å². The molecule has 64 valence electrons. The minimum Gasteiger partial charge on any atom is -0.495 e. The highest BCUT2D eigenvalue weighted by Gasteiger charge is 2.19. The molecule has 0 radical (unpaired) electrons. The lowest BCUT2D eigenvalue weighted by molar-refractivity contribution is 0.116. The van der Waals surface area contributed by atoms with Gasteiger partial charge in [0.25, 0.3) is 0 Å². The predicted octanol–water partition coefficient (Wildman–Crippen LogP) is 0.876. The molecule has 1 atom stereocenters. The number of nitrogens with zero attached hydrogens (tertiary/aromatic N) is 2. The van der Waals surface area contributed by atoms with Crippen LogP contribution in [-0.4, -0.2) is 21.3 Å². The molecular weight excluding hydrogens is 176 g/mol. The van der Waals surface area contributed by atoms with Crippen LogP contribution in [0.3, 0.4) is 0 Å². The molecule has 1 aliphatic rings. The van der Waals surface area contributed by atoms with Crippen molar-refractivity contribution in [3.8, 4) is 0 Å². The fraction of sp³-hybridized carbons (Fsp3) is 0.429. The quantitative estimate of drug-likeness (QED) is 0.741. The van der Waals surface area contributed by atoms with Crippen LogP contribution in [0.15, 0.2) is 17.2 Å². The van der Waals surface area contributed by atoms with Crippen molar-refractivity contribution in [2.45, 2.75) is 12.5 Å². The number of hydrogen-bond acceptors (Lipinski definition) is 5. The fourth-order valence-electron chi connectivity index (χ4n) is 1.06. The van der Waals surface area contributed by atoms with Crippen LogP contribution >= 0.6 is 11.5 Å². The lowest BCUT2D eigenvalue weighted by Gasteiger charge is -2.07. The van der Waals surface area contributed by atoms with Gasteiger partial charge in [-0.05, 0) is 17.6 Å². The Hall–Kier alpha value is -0.940. The minimum absolute atomic E-state index is 0.563. The largest absolute Gasteiger partial charge is 0.495 e. The second-order valence-corrected chi connectivity index (χ2v) is 3.09. The summed E-state index contributed by atoms with van der Waals surface area (Å²) in [5.74, 6) is 0.600. The molecule has 5 heteroatoms. The molecule has 0 saturated carbocycles. The summed E-state index contributed by atoms with van der Waals surface area (Å²) in [6.45, 7) is 0.657. The molecule has 4 nitrogen and oxygen atoms in total. The van der Waals surface area contributed by atoms with E-state index in [9.17, 15) is 5.11 Å². The summed E-state index contributed by atoms with van der Waals surface area (Å²) in [6, 6.07) is 0. The maximum Gasteiger partial charge on any atom is 0.155 e. The Labute approximate surface area is 73.7 Å². The van der Waals surface area contributed by atoms with Crippen LogP contribution in [0.2, 0.25) is 0 Å². The number of aliphatic hydroxyl groups is 1. The van der Waals surface area contributed by atoms with E-state index in [1.54, 1.807) is 5.38 Å². The molecule has 1 N–H and O–H groups in total. The Morgan fingerprint density at radius 1 is 1.67 bits per heavy atom. The maximum atomic E-state index is 9.62. The van der Waals surface area contributed by atoms with E-state index in [1.807, 2.05) is 6.08 Å². The number of aromatic nitrogens is 2. The molecule has 1 aromatic rings. The van der Waals surface area contributed by atoms with E-state index in [0.717, 1.165) is 6.42 Å². The second kappa shape index (κ2) is 3.20. The van der Waals surface area contributed by atoms with E-state index in [2.05, 4.69) is 9.59 Å². The van der Waals surface area contributed by atoms with Gasteiger partial charge in [0, 0.05) is 11.8 Å². The van der Waals surface area contributed by atoms with Gasteiger partial charge in [-0.15, -0.1) is 5.10 Å². The highest BCUT2D eigenvalue weighted by molar-refractivity contribution is 7.03. The zero-order chi connectivity index (χ0) is 8.39. The Morgan fingerprint density at radius 2 is 2.58 bits per heavy atom. The van der Waals surface area contributed by atoms with E-state index in [1.165, 1.54) is 11.5 Å². The first kappa shape index (κ1) is 7.70. The van der Waals surface area contributed by atoms with Crippen LogP contribution in [-0.2, 0) is 4.74 Å². The monoisotopic (exact) mass is 184 g/mol. The van der Waals surface area contributed by atoms with Crippen molar-refractivity contribution in [2.24, 2.45) is 0 Å². The molecule has 0 saturated heterocycles. The first-order valence-corrected chi connectivity index (χ1v) is 4.49. The number of rotatable bonds is 2. The molecule has 0 spiro atoms. The van der Waals surface area contributed by atoms with E-state index in [4.69, 9.17) is 4.74 Å². The molecular formula is C7H8N2O2S. The molecule has 1 aromatic heterocycles. The molecule has 0 fully saturated rings. The van der Waals surface area contributed by atoms with Gasteiger partial charge in [-0.1, -0.05) is 4.49 Å². The van der Waals surface area contributed by atoms with Gasteiger partial charge in [-0.25, -0.2) is 0 Å². The molecule has 1 unspecified atom stereocenters. The van der Waals surface area contributed by atoms with Gasteiger partial charge in [-0.2, -0.15) is 0 Å². The summed E-state index contributed by atoms with van der Waals surface area (Å²) in [7, 11) is 0. The maximum absolute atomic E-state index is 9.62. The van der Waals surface area contributed by atoms with E-state index in [0.29, 0.717) is 18.1 Å². The number of ether oxygens (including phenoxy) is 1. The highest BCUT2D eigenvalue weighted by atomic mass is 32.1. The van der Waals surface area contributed by atoms with Crippen LogP contribution in [0, 0.1) is 0 Å². The van der Waals surface area contributed by atoms with Gasteiger partial charge >= 0.3 is 0 Å². The predicted molar refractivity (Wildman–Crippen MR) is 43.5 cm³/mol. The van der Waals surface area contributed by atoms with Crippen molar-refractivity contribution in [1.82, 2.24) is 9.59 Å². The first-order valence-electron chi connectivity index (χ1n) is 3.66. The lowest BCUT2D eigenvalue weighted by atomic mass is 10.2. The van der Waals surface area contributed by atoms with Crippen LogP contribution in [0.1, 0.15) is 18.2 Å². The molecule has 0 aromatic carbocycles. The summed E-state index contributed by atoms with van der Waals surface area (Å²) in [6.07, 6.45) is 2.01. The van der Waals surface area contributed by atoms with Gasteiger partial charge in [-0.3, -0.25) is 0 Å².